The van der Waals surface area contributed by atoms with Gasteiger partial charge < -0.3 is 4.74 Å². The van der Waals surface area contributed by atoms with Crippen molar-refractivity contribution in [2.75, 3.05) is 0 Å². The van der Waals surface area contributed by atoms with Gasteiger partial charge in [0.2, 0.25) is 0 Å². The van der Waals surface area contributed by atoms with Crippen LogP contribution in [0.2, 0.25) is 0 Å². The minimum atomic E-state index is -0.448. The van der Waals surface area contributed by atoms with Gasteiger partial charge in [0.15, 0.2) is 11.6 Å². The fourth-order valence-electron chi connectivity index (χ4n) is 6.67. The monoisotopic (exact) mass is 438 g/mol. The molecule has 0 heterocycles. The zero-order valence-electron chi connectivity index (χ0n) is 19.4. The zero-order chi connectivity index (χ0) is 22.5. The second kappa shape index (κ2) is 10.8. The average Bonchev–Trinajstić information content (AvgIpc) is 2.83. The topological polar surface area (TPSA) is 26.3 Å². The Morgan fingerprint density at radius 2 is 1.59 bits per heavy atom. The van der Waals surface area contributed by atoms with E-state index in [1.165, 1.54) is 44.6 Å². The number of hydrogen-bond donors (Lipinski definition) is 0. The van der Waals surface area contributed by atoms with E-state index in [9.17, 15) is 9.18 Å². The van der Waals surface area contributed by atoms with E-state index in [1.807, 2.05) is 12.1 Å². The first kappa shape index (κ1) is 23.3. The first-order valence-corrected chi connectivity index (χ1v) is 12.8. The highest BCUT2D eigenvalue weighted by atomic mass is 19.1. The van der Waals surface area contributed by atoms with Gasteiger partial charge in [0.25, 0.3) is 0 Å². The molecule has 0 N–H and O–H groups in total. The largest absolute Gasteiger partial charge is 0.423 e. The van der Waals surface area contributed by atoms with Crippen molar-refractivity contribution in [3.63, 3.8) is 0 Å². The van der Waals surface area contributed by atoms with E-state index in [0.29, 0.717) is 0 Å². The van der Waals surface area contributed by atoms with Gasteiger partial charge in [-0.25, -0.2) is 4.39 Å². The molecular weight excluding hydrogens is 399 g/mol. The van der Waals surface area contributed by atoms with Crippen molar-refractivity contribution in [3.05, 3.63) is 54.9 Å². The van der Waals surface area contributed by atoms with Crippen molar-refractivity contribution in [1.29, 1.82) is 0 Å². The number of carbonyl (C=O) groups is 1. The maximum atomic E-state index is 14.4. The third-order valence-electron chi connectivity index (χ3n) is 8.64. The van der Waals surface area contributed by atoms with Crippen molar-refractivity contribution >= 4 is 5.97 Å². The fourth-order valence-corrected chi connectivity index (χ4v) is 6.67. The number of aryl methyl sites for hydroxylation is 1. The van der Waals surface area contributed by atoms with Crippen LogP contribution in [-0.2, 0) is 11.2 Å². The number of hydrogen-bond acceptors (Lipinski definition) is 2. The highest BCUT2D eigenvalue weighted by molar-refractivity contribution is 5.75. The molecule has 0 aromatic heterocycles. The van der Waals surface area contributed by atoms with Gasteiger partial charge in [0.05, 0.1) is 5.92 Å². The first-order chi connectivity index (χ1) is 15.6. The van der Waals surface area contributed by atoms with Gasteiger partial charge in [-0.1, -0.05) is 18.2 Å². The number of fused-ring (bicyclic) bond motifs is 1. The average molecular weight is 439 g/mol. The molecule has 3 aliphatic carbocycles. The normalized spacial score (nSPS) is 32.5. The van der Waals surface area contributed by atoms with Gasteiger partial charge in [0.1, 0.15) is 0 Å². The molecule has 4 unspecified atom stereocenters. The summed E-state index contributed by atoms with van der Waals surface area (Å²) in [4.78, 5) is 12.7. The predicted molar refractivity (Wildman–Crippen MR) is 128 cm³/mol. The third-order valence-corrected chi connectivity index (χ3v) is 8.64. The molecule has 1 aromatic rings. The van der Waals surface area contributed by atoms with Gasteiger partial charge in [-0.3, -0.25) is 4.79 Å². The Morgan fingerprint density at radius 1 is 0.938 bits per heavy atom. The maximum absolute atomic E-state index is 14.4. The van der Waals surface area contributed by atoms with E-state index < -0.39 is 5.82 Å². The van der Waals surface area contributed by atoms with Crippen LogP contribution in [0.15, 0.2) is 43.5 Å². The molecule has 0 saturated heterocycles. The molecule has 0 amide bonds. The molecule has 0 bridgehead atoms. The first-order valence-electron chi connectivity index (χ1n) is 12.8. The molecule has 4 atom stereocenters. The summed E-state index contributed by atoms with van der Waals surface area (Å²) in [5.74, 6) is 3.40. The van der Waals surface area contributed by atoms with Crippen LogP contribution < -0.4 is 4.74 Å². The molecule has 0 radical (unpaired) electrons. The van der Waals surface area contributed by atoms with Crippen LogP contribution in [0, 0.1) is 41.3 Å². The number of esters is 1. The van der Waals surface area contributed by atoms with E-state index >= 15 is 0 Å². The Labute approximate surface area is 193 Å². The number of halogens is 1. The van der Waals surface area contributed by atoms with E-state index in [0.717, 1.165) is 73.7 Å². The van der Waals surface area contributed by atoms with Crippen LogP contribution in [-0.4, -0.2) is 5.97 Å². The molecule has 3 fully saturated rings. The molecule has 3 aliphatic rings. The van der Waals surface area contributed by atoms with Crippen molar-refractivity contribution in [2.24, 2.45) is 35.5 Å². The van der Waals surface area contributed by atoms with E-state index in [2.05, 4.69) is 19.2 Å². The highest BCUT2D eigenvalue weighted by Crippen LogP contribution is 2.49. The van der Waals surface area contributed by atoms with Crippen molar-refractivity contribution in [1.82, 2.24) is 0 Å². The summed E-state index contributed by atoms with van der Waals surface area (Å²) in [7, 11) is 0. The molecule has 1 aromatic carbocycles. The van der Waals surface area contributed by atoms with E-state index in [-0.39, 0.29) is 17.6 Å². The summed E-state index contributed by atoms with van der Waals surface area (Å²) in [5, 5.41) is 0. The summed E-state index contributed by atoms with van der Waals surface area (Å²) in [6.07, 6.45) is 17.7. The number of allylic oxidation sites excluding steroid dienone is 2. The standard InChI is InChI=1S/C29H39FO2/c1-3-5-6-21-8-16-28(27(30)18-21)32-29(31)23-12-10-22(11-13-23)25-15-14-24-17-20(4-2)7-9-26(24)19-25/h3-4,8,16,18,20,22-26H,1-2,5-7,9-15,17,19H2. The summed E-state index contributed by atoms with van der Waals surface area (Å²) >= 11 is 0. The van der Waals surface area contributed by atoms with Crippen molar-refractivity contribution in [3.8, 4) is 5.75 Å². The van der Waals surface area contributed by atoms with Crippen molar-refractivity contribution < 1.29 is 13.9 Å². The molecule has 32 heavy (non-hydrogen) atoms. The van der Waals surface area contributed by atoms with Gasteiger partial charge in [-0.05, 0) is 124 Å². The summed E-state index contributed by atoms with van der Waals surface area (Å²) < 4.78 is 19.9. The van der Waals surface area contributed by atoms with Gasteiger partial charge in [0, 0.05) is 0 Å². The van der Waals surface area contributed by atoms with Crippen LogP contribution >= 0.6 is 0 Å². The van der Waals surface area contributed by atoms with E-state index in [4.69, 9.17) is 4.74 Å². The molecule has 2 nitrogen and oxygen atoms in total. The van der Waals surface area contributed by atoms with Gasteiger partial charge in [-0.2, -0.15) is 0 Å². The van der Waals surface area contributed by atoms with Crippen LogP contribution in [0.1, 0.15) is 76.2 Å². The minimum Gasteiger partial charge on any atom is -0.423 e. The number of ether oxygens (including phenoxy) is 1. The highest BCUT2D eigenvalue weighted by Gasteiger charge is 2.39. The Kier molecular flexibility index (Phi) is 7.86. The smallest absolute Gasteiger partial charge is 0.314 e. The molecule has 0 spiro atoms. The second-order valence-corrected chi connectivity index (χ2v) is 10.5. The lowest BCUT2D eigenvalue weighted by Crippen LogP contribution is -2.35. The lowest BCUT2D eigenvalue weighted by Gasteiger charge is -2.45. The number of carbonyl (C=O) groups excluding carboxylic acids is 1. The fraction of sp³-hybridized carbons (Fsp3) is 0.621. The molecule has 174 valence electrons. The predicted octanol–water partition coefficient (Wildman–Crippen LogP) is 7.67. The summed E-state index contributed by atoms with van der Waals surface area (Å²) in [6.45, 7) is 7.71. The second-order valence-electron chi connectivity index (χ2n) is 10.5. The lowest BCUT2D eigenvalue weighted by molar-refractivity contribution is -0.140. The molecule has 0 aliphatic heterocycles. The van der Waals surface area contributed by atoms with Crippen LogP contribution in [0.5, 0.6) is 5.75 Å². The zero-order valence-corrected chi connectivity index (χ0v) is 19.4. The lowest BCUT2D eigenvalue weighted by atomic mass is 9.61. The molecule has 3 heteroatoms. The minimum absolute atomic E-state index is 0.0629. The summed E-state index contributed by atoms with van der Waals surface area (Å²) in [6, 6.07) is 4.91. The Hall–Kier alpha value is -1.90. The van der Waals surface area contributed by atoms with E-state index in [1.54, 1.807) is 6.07 Å². The molecule has 3 saturated carbocycles. The van der Waals surface area contributed by atoms with Crippen LogP contribution in [0.25, 0.3) is 0 Å². The van der Waals surface area contributed by atoms with Crippen LogP contribution in [0.3, 0.4) is 0 Å². The Balaban J connectivity index is 1.24. The number of rotatable bonds is 7. The Morgan fingerprint density at radius 3 is 2.28 bits per heavy atom. The SMILES string of the molecule is C=CCCc1ccc(OC(=O)C2CCC(C3CCC4CC(C=C)CCC4C3)CC2)c(F)c1. The quantitative estimate of drug-likeness (QED) is 0.248. The number of benzene rings is 1. The molecular formula is C29H39FO2. The van der Waals surface area contributed by atoms with Crippen molar-refractivity contribution in [2.45, 2.75) is 77.0 Å². The van der Waals surface area contributed by atoms with Gasteiger partial charge >= 0.3 is 5.97 Å². The molecule has 4 rings (SSSR count). The van der Waals surface area contributed by atoms with Crippen LogP contribution in [0.4, 0.5) is 4.39 Å². The maximum Gasteiger partial charge on any atom is 0.314 e. The third kappa shape index (κ3) is 5.53. The summed E-state index contributed by atoms with van der Waals surface area (Å²) in [5.41, 5.74) is 0.899. The van der Waals surface area contributed by atoms with Gasteiger partial charge in [-0.15, -0.1) is 13.2 Å². The Bertz CT molecular complexity index is 807.